The van der Waals surface area contributed by atoms with Gasteiger partial charge in [-0.15, -0.1) is 11.6 Å². The maximum Gasteiger partial charge on any atom is 0.339 e. The number of aryl methyl sites for hydroxylation is 1. The van der Waals surface area contributed by atoms with Crippen LogP contribution in [-0.4, -0.2) is 45.0 Å². The summed E-state index contributed by atoms with van der Waals surface area (Å²) in [6.45, 7) is 3.75. The van der Waals surface area contributed by atoms with Crippen molar-refractivity contribution in [3.05, 3.63) is 22.4 Å². The number of hydrogen-bond donors (Lipinski definition) is 2. The van der Waals surface area contributed by atoms with Crippen LogP contribution in [-0.2, 0) is 6.42 Å². The van der Waals surface area contributed by atoms with E-state index in [-0.39, 0.29) is 6.10 Å². The van der Waals surface area contributed by atoms with Crippen LogP contribution >= 0.6 is 11.6 Å². The number of piperidine rings is 1. The van der Waals surface area contributed by atoms with Gasteiger partial charge in [-0.05, 0) is 31.2 Å². The number of aromatic nitrogens is 4. The van der Waals surface area contributed by atoms with Crippen LogP contribution < -0.4 is 14.8 Å². The van der Waals surface area contributed by atoms with Gasteiger partial charge in [0.25, 0.3) is 5.65 Å². The molecule has 1 atom stereocenters. The number of halogens is 1. The molecule has 8 heteroatoms. The molecule has 2 aliphatic heterocycles. The van der Waals surface area contributed by atoms with E-state index in [2.05, 4.69) is 25.6 Å². The molecule has 3 aromatic heterocycles. The van der Waals surface area contributed by atoms with E-state index in [9.17, 15) is 5.26 Å². The molecule has 0 unspecified atom stereocenters. The van der Waals surface area contributed by atoms with Crippen LogP contribution in [0.15, 0.2) is 0 Å². The predicted octanol–water partition coefficient (Wildman–Crippen LogP) is 2.12. The minimum Gasteiger partial charge on any atom is -0.474 e. The van der Waals surface area contributed by atoms with Gasteiger partial charge in [-0.3, -0.25) is 4.58 Å². The maximum atomic E-state index is 10.1. The van der Waals surface area contributed by atoms with Crippen molar-refractivity contribution in [3.63, 3.8) is 0 Å². The summed E-state index contributed by atoms with van der Waals surface area (Å²) in [5, 5.41) is 11.8. The Bertz CT molecular complexity index is 1180. The minimum absolute atomic E-state index is 0.100. The van der Waals surface area contributed by atoms with Crippen LogP contribution in [0.3, 0.4) is 0 Å². The molecule has 0 aromatic carbocycles. The molecule has 0 radical (unpaired) electrons. The van der Waals surface area contributed by atoms with Gasteiger partial charge < -0.3 is 14.7 Å². The first-order valence-electron chi connectivity index (χ1n) is 9.35. The Morgan fingerprint density at radius 3 is 2.70 bits per heavy atom. The van der Waals surface area contributed by atoms with Crippen molar-refractivity contribution in [3.8, 4) is 11.9 Å². The van der Waals surface area contributed by atoms with E-state index < -0.39 is 0 Å². The number of aromatic amines is 2. The highest BCUT2D eigenvalue weighted by molar-refractivity contribution is 6.18. The molecule has 2 N–H and O–H groups in total. The van der Waals surface area contributed by atoms with E-state index in [1.54, 1.807) is 0 Å². The Labute approximate surface area is 160 Å². The Morgan fingerprint density at radius 2 is 1.96 bits per heavy atom. The molecule has 3 aromatic rings. The van der Waals surface area contributed by atoms with Gasteiger partial charge in [0.15, 0.2) is 11.4 Å². The van der Waals surface area contributed by atoms with Gasteiger partial charge in [-0.1, -0.05) is 0 Å². The number of rotatable bonds is 1. The standard InChI is InChI=1S/C19H19ClN6O/c1-10-22-16-15-14(12-7-11(8-20)27-19(12)25-17(15)23-10)13(9-21)18(24-16)26-5-3-2-4-6-26/h11H,2-8H2,1H3,(H,22,23,24,25)/p+1/t11-/m1/s1. The number of nitrogens with one attached hydrogen (secondary N) is 2. The first-order chi connectivity index (χ1) is 13.2. The SMILES string of the molecule is Cc1nc2[nH]c3c(c4c(C#N)c(=[N+]5CCCCC5)nc([nH]1)c24)C[C@H](CCl)O3. The Morgan fingerprint density at radius 1 is 1.19 bits per heavy atom. The molecule has 0 saturated carbocycles. The highest BCUT2D eigenvalue weighted by Gasteiger charge is 2.31. The number of fused-ring (bicyclic) bond motifs is 2. The molecule has 5 heterocycles. The van der Waals surface area contributed by atoms with E-state index in [4.69, 9.17) is 21.3 Å². The molecule has 2 aliphatic rings. The second-order valence-corrected chi connectivity index (χ2v) is 7.58. The van der Waals surface area contributed by atoms with Crippen molar-refractivity contribution < 1.29 is 4.74 Å². The minimum atomic E-state index is -0.100. The number of hydrogen-bond acceptors (Lipinski definition) is 4. The van der Waals surface area contributed by atoms with E-state index >= 15 is 0 Å². The number of nitrogens with zero attached hydrogens (tertiary/aromatic N) is 4. The first kappa shape index (κ1) is 16.6. The molecule has 0 bridgehead atoms. The van der Waals surface area contributed by atoms with Crippen molar-refractivity contribution >= 4 is 33.7 Å². The fourth-order valence-corrected chi connectivity index (χ4v) is 4.44. The smallest absolute Gasteiger partial charge is 0.339 e. The fraction of sp³-hybridized carbons (Fsp3) is 0.474. The van der Waals surface area contributed by atoms with Gasteiger partial charge in [0.1, 0.15) is 23.6 Å². The third-order valence-electron chi connectivity index (χ3n) is 5.46. The largest absolute Gasteiger partial charge is 0.474 e. The third kappa shape index (κ3) is 2.51. The molecule has 1 saturated heterocycles. The summed E-state index contributed by atoms with van der Waals surface area (Å²) in [5.74, 6) is 1.83. The highest BCUT2D eigenvalue weighted by Crippen LogP contribution is 2.37. The Kier molecular flexibility index (Phi) is 3.83. The average Bonchev–Trinajstić information content (AvgIpc) is 3.11. The zero-order valence-corrected chi connectivity index (χ0v) is 15.9. The van der Waals surface area contributed by atoms with Gasteiger partial charge in [-0.25, -0.2) is 4.98 Å². The van der Waals surface area contributed by atoms with Gasteiger partial charge >= 0.3 is 5.49 Å². The van der Waals surface area contributed by atoms with E-state index in [1.165, 1.54) is 6.42 Å². The van der Waals surface area contributed by atoms with Crippen molar-refractivity contribution in [2.24, 2.45) is 0 Å². The summed E-state index contributed by atoms with van der Waals surface area (Å²) < 4.78 is 8.20. The summed E-state index contributed by atoms with van der Waals surface area (Å²) in [5.41, 5.74) is 3.79. The average molecular weight is 384 g/mol. The summed E-state index contributed by atoms with van der Waals surface area (Å²) in [4.78, 5) is 16.0. The van der Waals surface area contributed by atoms with Gasteiger partial charge in [0.05, 0.1) is 24.4 Å². The molecule has 7 nitrogen and oxygen atoms in total. The van der Waals surface area contributed by atoms with Crippen LogP contribution in [0.2, 0.25) is 0 Å². The molecule has 5 rings (SSSR count). The Hall–Kier alpha value is -2.59. The zero-order valence-electron chi connectivity index (χ0n) is 15.1. The van der Waals surface area contributed by atoms with Crippen LogP contribution in [0.4, 0.5) is 0 Å². The molecule has 1 fully saturated rings. The van der Waals surface area contributed by atoms with Crippen molar-refractivity contribution in [1.29, 1.82) is 5.26 Å². The molecular formula is C19H20ClN6O+. The molecule has 0 spiro atoms. The van der Waals surface area contributed by atoms with Crippen LogP contribution in [0.1, 0.15) is 36.2 Å². The zero-order chi connectivity index (χ0) is 18.5. The number of pyridine rings is 2. The van der Waals surface area contributed by atoms with Crippen LogP contribution in [0.5, 0.6) is 5.88 Å². The lowest BCUT2D eigenvalue weighted by Gasteiger charge is -2.13. The molecular weight excluding hydrogens is 364 g/mol. The Balaban J connectivity index is 1.97. The quantitative estimate of drug-likeness (QED) is 0.497. The summed E-state index contributed by atoms with van der Waals surface area (Å²) in [6, 6.07) is 2.43. The lowest BCUT2D eigenvalue weighted by atomic mass is 10.00. The fourth-order valence-electron chi connectivity index (χ4n) is 4.26. The number of H-pyrrole nitrogens is 2. The summed E-state index contributed by atoms with van der Waals surface area (Å²) >= 11 is 6.05. The first-order valence-corrected chi connectivity index (χ1v) is 9.89. The topological polar surface area (TPSA) is 93.4 Å². The van der Waals surface area contributed by atoms with Gasteiger partial charge in [0.2, 0.25) is 0 Å². The maximum absolute atomic E-state index is 10.1. The third-order valence-corrected chi connectivity index (χ3v) is 5.80. The van der Waals surface area contributed by atoms with E-state index in [0.29, 0.717) is 29.4 Å². The van der Waals surface area contributed by atoms with Crippen LogP contribution in [0, 0.1) is 18.3 Å². The molecule has 0 aliphatic carbocycles. The number of alkyl halides is 1. The van der Waals surface area contributed by atoms with E-state index in [0.717, 1.165) is 59.2 Å². The summed E-state index contributed by atoms with van der Waals surface area (Å²) in [7, 11) is 0. The predicted molar refractivity (Wildman–Crippen MR) is 103 cm³/mol. The molecule has 138 valence electrons. The second kappa shape index (κ2) is 6.24. The van der Waals surface area contributed by atoms with Crippen LogP contribution in [0.25, 0.3) is 22.1 Å². The lowest BCUT2D eigenvalue weighted by Crippen LogP contribution is -2.38. The van der Waals surface area contributed by atoms with Crippen molar-refractivity contribution in [2.75, 3.05) is 19.0 Å². The molecule has 27 heavy (non-hydrogen) atoms. The van der Waals surface area contributed by atoms with Crippen molar-refractivity contribution in [1.82, 2.24) is 24.5 Å². The van der Waals surface area contributed by atoms with Crippen molar-refractivity contribution in [2.45, 2.75) is 38.7 Å². The monoisotopic (exact) mass is 383 g/mol. The van der Waals surface area contributed by atoms with Gasteiger partial charge in [0, 0.05) is 17.4 Å². The highest BCUT2D eigenvalue weighted by atomic mass is 35.5. The normalized spacial score (nSPS) is 19.3. The second-order valence-electron chi connectivity index (χ2n) is 7.27. The molecule has 0 amide bonds. The van der Waals surface area contributed by atoms with Gasteiger partial charge in [-0.2, -0.15) is 5.26 Å². The number of nitriles is 1. The van der Waals surface area contributed by atoms with E-state index in [1.807, 2.05) is 6.92 Å². The number of ether oxygens (including phenoxy) is 1. The summed E-state index contributed by atoms with van der Waals surface area (Å²) in [6.07, 6.45) is 4.04. The lowest BCUT2D eigenvalue weighted by molar-refractivity contribution is 0.250.